The number of carbonyl (C=O) groups is 1. The predicted molar refractivity (Wildman–Crippen MR) is 124 cm³/mol. The summed E-state index contributed by atoms with van der Waals surface area (Å²) in [5, 5.41) is 0. The largest absolute Gasteiger partial charge is 0.493 e. The first-order valence-corrected chi connectivity index (χ1v) is 10.0. The number of hydrogen-bond donors (Lipinski definition) is 0. The summed E-state index contributed by atoms with van der Waals surface area (Å²) in [7, 11) is 3.18. The molecule has 0 saturated carbocycles. The highest BCUT2D eigenvalue weighted by Crippen LogP contribution is 2.31. The van der Waals surface area contributed by atoms with Gasteiger partial charge in [-0.2, -0.15) is 0 Å². The number of amidine groups is 1. The molecule has 0 aromatic heterocycles. The van der Waals surface area contributed by atoms with Crippen molar-refractivity contribution in [2.75, 3.05) is 19.1 Å². The van der Waals surface area contributed by atoms with Gasteiger partial charge in [0.2, 0.25) is 0 Å². The first kappa shape index (κ1) is 20.4. The topological polar surface area (TPSA) is 51.1 Å². The Morgan fingerprint density at radius 3 is 2.26 bits per heavy atom. The zero-order valence-corrected chi connectivity index (χ0v) is 18.0. The van der Waals surface area contributed by atoms with Gasteiger partial charge in [0, 0.05) is 5.56 Å². The minimum absolute atomic E-state index is 0.170. The highest BCUT2D eigenvalue weighted by Gasteiger charge is 2.32. The van der Waals surface area contributed by atoms with E-state index in [9.17, 15) is 4.79 Å². The fourth-order valence-electron chi connectivity index (χ4n) is 3.52. The number of rotatable bonds is 5. The van der Waals surface area contributed by atoms with Gasteiger partial charge in [0.15, 0.2) is 11.5 Å². The van der Waals surface area contributed by atoms with Crippen LogP contribution in [0.15, 0.2) is 77.4 Å². The number of aliphatic imine (C=N–C) groups is 1. The van der Waals surface area contributed by atoms with Gasteiger partial charge in [-0.25, -0.2) is 4.99 Å². The van der Waals surface area contributed by atoms with Crippen LogP contribution in [0.4, 0.5) is 5.69 Å². The molecule has 31 heavy (non-hydrogen) atoms. The summed E-state index contributed by atoms with van der Waals surface area (Å²) in [6.45, 7) is 4.04. The summed E-state index contributed by atoms with van der Waals surface area (Å²) in [4.78, 5) is 19.8. The molecule has 1 amide bonds. The summed E-state index contributed by atoms with van der Waals surface area (Å²) >= 11 is 0. The zero-order valence-electron chi connectivity index (χ0n) is 18.0. The van der Waals surface area contributed by atoms with Crippen molar-refractivity contribution in [2.45, 2.75) is 13.8 Å². The molecule has 0 radical (unpaired) electrons. The lowest BCUT2D eigenvalue weighted by molar-refractivity contribution is -0.113. The van der Waals surface area contributed by atoms with Crippen LogP contribution in [-0.4, -0.2) is 26.0 Å². The molecule has 156 valence electrons. The van der Waals surface area contributed by atoms with Crippen LogP contribution in [0, 0.1) is 13.8 Å². The number of carbonyl (C=O) groups excluding carboxylic acids is 1. The molecule has 5 nitrogen and oxygen atoms in total. The van der Waals surface area contributed by atoms with Gasteiger partial charge in [-0.15, -0.1) is 0 Å². The van der Waals surface area contributed by atoms with Crippen molar-refractivity contribution < 1.29 is 14.3 Å². The molecule has 5 heteroatoms. The van der Waals surface area contributed by atoms with Crippen LogP contribution < -0.4 is 14.4 Å². The minimum atomic E-state index is -0.170. The van der Waals surface area contributed by atoms with Crippen LogP contribution in [0.5, 0.6) is 11.5 Å². The van der Waals surface area contributed by atoms with Crippen molar-refractivity contribution in [2.24, 2.45) is 4.99 Å². The van der Waals surface area contributed by atoms with Crippen molar-refractivity contribution in [3.8, 4) is 11.5 Å². The Hall–Kier alpha value is -3.86. The fourth-order valence-corrected chi connectivity index (χ4v) is 3.52. The van der Waals surface area contributed by atoms with Gasteiger partial charge in [-0.1, -0.05) is 48.0 Å². The number of ether oxygens (including phenoxy) is 2. The number of anilines is 1. The summed E-state index contributed by atoms with van der Waals surface area (Å²) < 4.78 is 10.7. The van der Waals surface area contributed by atoms with Crippen LogP contribution in [0.25, 0.3) is 6.08 Å². The maximum atomic E-state index is 13.4. The van der Waals surface area contributed by atoms with Crippen LogP contribution in [0.1, 0.15) is 22.3 Å². The van der Waals surface area contributed by atoms with Gasteiger partial charge in [-0.05, 0) is 55.3 Å². The second kappa shape index (κ2) is 8.48. The van der Waals surface area contributed by atoms with E-state index in [1.165, 1.54) is 0 Å². The van der Waals surface area contributed by atoms with Crippen molar-refractivity contribution in [3.63, 3.8) is 0 Å². The average Bonchev–Trinajstić information content (AvgIpc) is 3.10. The third-order valence-electron chi connectivity index (χ3n) is 5.14. The lowest BCUT2D eigenvalue weighted by atomic mass is 10.1. The molecule has 1 aliphatic heterocycles. The van der Waals surface area contributed by atoms with Crippen LogP contribution >= 0.6 is 0 Å². The van der Waals surface area contributed by atoms with Gasteiger partial charge in [0.1, 0.15) is 11.5 Å². The van der Waals surface area contributed by atoms with Crippen molar-refractivity contribution >= 4 is 23.5 Å². The summed E-state index contributed by atoms with van der Waals surface area (Å²) in [5.74, 6) is 1.67. The molecule has 1 aliphatic rings. The van der Waals surface area contributed by atoms with Crippen LogP contribution in [-0.2, 0) is 4.79 Å². The molecule has 0 aliphatic carbocycles. The van der Waals surface area contributed by atoms with Gasteiger partial charge in [0.05, 0.1) is 19.9 Å². The number of hydrogen-bond acceptors (Lipinski definition) is 4. The van der Waals surface area contributed by atoms with E-state index in [0.29, 0.717) is 23.0 Å². The minimum Gasteiger partial charge on any atom is -0.493 e. The van der Waals surface area contributed by atoms with Gasteiger partial charge < -0.3 is 9.47 Å². The lowest BCUT2D eigenvalue weighted by Crippen LogP contribution is -2.32. The molecule has 0 fully saturated rings. The lowest BCUT2D eigenvalue weighted by Gasteiger charge is -2.19. The third-order valence-corrected chi connectivity index (χ3v) is 5.14. The highest BCUT2D eigenvalue weighted by molar-refractivity contribution is 6.33. The van der Waals surface area contributed by atoms with Gasteiger partial charge in [0.25, 0.3) is 5.91 Å². The number of aryl methyl sites for hydroxylation is 2. The smallest absolute Gasteiger partial charge is 0.282 e. The highest BCUT2D eigenvalue weighted by atomic mass is 16.5. The van der Waals surface area contributed by atoms with Crippen LogP contribution in [0.2, 0.25) is 0 Å². The quantitative estimate of drug-likeness (QED) is 0.544. The Bertz CT molecular complexity index is 1190. The first-order chi connectivity index (χ1) is 15.0. The summed E-state index contributed by atoms with van der Waals surface area (Å²) in [5.41, 5.74) is 5.07. The predicted octanol–water partition coefficient (Wildman–Crippen LogP) is 5.16. The molecule has 4 rings (SSSR count). The molecule has 3 aromatic rings. The van der Waals surface area contributed by atoms with E-state index >= 15 is 0 Å². The Morgan fingerprint density at radius 1 is 0.839 bits per heavy atom. The first-order valence-electron chi connectivity index (χ1n) is 10.0. The maximum absolute atomic E-state index is 13.4. The van der Waals surface area contributed by atoms with E-state index in [1.54, 1.807) is 25.2 Å². The van der Waals surface area contributed by atoms with Gasteiger partial charge >= 0.3 is 0 Å². The van der Waals surface area contributed by atoms with E-state index in [-0.39, 0.29) is 5.91 Å². The SMILES string of the molecule is COc1ccc(/C=C2/N=C(c3ccc(C)cc3)N(c3cccc(C)c3)C2=O)cc1OC. The van der Waals surface area contributed by atoms with E-state index in [0.717, 1.165) is 27.9 Å². The van der Waals surface area contributed by atoms with Gasteiger partial charge in [-0.3, -0.25) is 9.69 Å². The summed E-state index contributed by atoms with van der Waals surface area (Å²) in [6, 6.07) is 21.4. The Morgan fingerprint density at radius 2 is 1.58 bits per heavy atom. The van der Waals surface area contributed by atoms with E-state index < -0.39 is 0 Å². The fraction of sp³-hybridized carbons (Fsp3) is 0.154. The van der Waals surface area contributed by atoms with E-state index in [2.05, 4.69) is 0 Å². The standard InChI is InChI=1S/C26H24N2O3/c1-17-8-11-20(12-9-17)25-27-22(15-19-10-13-23(30-3)24(16-19)31-4)26(29)28(25)21-7-5-6-18(2)14-21/h5-16H,1-4H3/b22-15+. The molecule has 1 heterocycles. The molecule has 0 spiro atoms. The Labute approximate surface area is 182 Å². The van der Waals surface area contributed by atoms with E-state index in [4.69, 9.17) is 14.5 Å². The number of benzene rings is 3. The molecule has 0 bridgehead atoms. The molecule has 0 atom stereocenters. The summed E-state index contributed by atoms with van der Waals surface area (Å²) in [6.07, 6.45) is 1.77. The number of nitrogens with zero attached hydrogens (tertiary/aromatic N) is 2. The average molecular weight is 412 g/mol. The van der Waals surface area contributed by atoms with Crippen molar-refractivity contribution in [1.29, 1.82) is 0 Å². The van der Waals surface area contributed by atoms with Crippen LogP contribution in [0.3, 0.4) is 0 Å². The van der Waals surface area contributed by atoms with Crippen molar-refractivity contribution in [1.82, 2.24) is 0 Å². The number of methoxy groups -OCH3 is 2. The molecular weight excluding hydrogens is 388 g/mol. The zero-order chi connectivity index (χ0) is 22.0. The second-order valence-corrected chi connectivity index (χ2v) is 7.43. The molecular formula is C26H24N2O3. The molecule has 0 unspecified atom stereocenters. The maximum Gasteiger partial charge on any atom is 0.282 e. The monoisotopic (exact) mass is 412 g/mol. The second-order valence-electron chi connectivity index (χ2n) is 7.43. The Kier molecular flexibility index (Phi) is 5.58. The Balaban J connectivity index is 1.81. The normalized spacial score (nSPS) is 14.7. The third kappa shape index (κ3) is 4.08. The molecule has 3 aromatic carbocycles. The van der Waals surface area contributed by atoms with E-state index in [1.807, 2.05) is 80.6 Å². The molecule has 0 saturated heterocycles. The number of amides is 1. The van der Waals surface area contributed by atoms with Crippen molar-refractivity contribution in [3.05, 3.63) is 94.7 Å². The molecule has 0 N–H and O–H groups in total.